The quantitative estimate of drug-likeness (QED) is 0.719. The predicted octanol–water partition coefficient (Wildman–Crippen LogP) is 2.11. The lowest BCUT2D eigenvalue weighted by Crippen LogP contribution is -2.69. The van der Waals surface area contributed by atoms with Crippen molar-refractivity contribution in [2.45, 2.75) is 42.9 Å². The first kappa shape index (κ1) is 16.7. The van der Waals surface area contributed by atoms with Gasteiger partial charge in [-0.2, -0.15) is 0 Å². The van der Waals surface area contributed by atoms with Crippen LogP contribution in [0.25, 0.3) is 0 Å². The van der Waals surface area contributed by atoms with E-state index in [9.17, 15) is 4.79 Å². The molecule has 1 spiro atoms. The molecule has 0 N–H and O–H groups in total. The van der Waals surface area contributed by atoms with E-state index in [1.807, 2.05) is 6.07 Å². The van der Waals surface area contributed by atoms with Gasteiger partial charge in [0, 0.05) is 30.0 Å². The number of benzene rings is 1. The minimum absolute atomic E-state index is 0.0242. The Kier molecular flexibility index (Phi) is 3.08. The summed E-state index contributed by atoms with van der Waals surface area (Å²) < 4.78 is 17.6. The number of piperidine rings is 2. The number of nitrogens with zero attached hydrogens (tertiary/aromatic N) is 2. The largest absolute Gasteiger partial charge is 0.493 e. The highest BCUT2D eigenvalue weighted by molar-refractivity contribution is 5.99. The molecule has 1 aromatic rings. The molecule has 29 heavy (non-hydrogen) atoms. The van der Waals surface area contributed by atoms with Gasteiger partial charge >= 0.3 is 0 Å². The first-order chi connectivity index (χ1) is 14.2. The Morgan fingerprint density at radius 2 is 2.03 bits per heavy atom. The number of amides is 1. The van der Waals surface area contributed by atoms with E-state index >= 15 is 0 Å². The summed E-state index contributed by atoms with van der Waals surface area (Å²) in [5.41, 5.74) is 3.85. The van der Waals surface area contributed by atoms with E-state index in [1.165, 1.54) is 12.0 Å². The van der Waals surface area contributed by atoms with E-state index < -0.39 is 0 Å². The second-order valence-corrected chi connectivity index (χ2v) is 9.48. The van der Waals surface area contributed by atoms with Crippen LogP contribution < -0.4 is 14.4 Å². The molecule has 4 fully saturated rings. The molecule has 0 aromatic heterocycles. The van der Waals surface area contributed by atoms with Crippen molar-refractivity contribution < 1.29 is 19.0 Å². The Morgan fingerprint density at radius 1 is 1.21 bits per heavy atom. The molecule has 6 atom stereocenters. The van der Waals surface area contributed by atoms with Crippen LogP contribution in [0.3, 0.4) is 0 Å². The zero-order chi connectivity index (χ0) is 19.5. The van der Waals surface area contributed by atoms with E-state index in [4.69, 9.17) is 14.2 Å². The molecule has 152 valence electrons. The second kappa shape index (κ2) is 5.35. The number of anilines is 1. The van der Waals surface area contributed by atoms with E-state index in [0.29, 0.717) is 36.7 Å². The maximum Gasteiger partial charge on any atom is 0.229 e. The van der Waals surface area contributed by atoms with Crippen molar-refractivity contribution in [3.8, 4) is 11.5 Å². The molecule has 1 amide bonds. The summed E-state index contributed by atoms with van der Waals surface area (Å²) in [5, 5.41) is 0. The van der Waals surface area contributed by atoms with Crippen LogP contribution in [-0.2, 0) is 14.9 Å². The van der Waals surface area contributed by atoms with Crippen LogP contribution in [-0.4, -0.2) is 62.9 Å². The Balaban J connectivity index is 1.52. The highest BCUT2D eigenvalue weighted by Gasteiger charge is 2.71. The average Bonchev–Trinajstić information content (AvgIpc) is 3.20. The Bertz CT molecular complexity index is 974. The minimum atomic E-state index is -0.0242. The normalized spacial score (nSPS) is 41.0. The zero-order valence-electron chi connectivity index (χ0n) is 16.9. The maximum absolute atomic E-state index is 13.5. The summed E-state index contributed by atoms with van der Waals surface area (Å²) in [7, 11) is 3.36. The van der Waals surface area contributed by atoms with Gasteiger partial charge in [0.15, 0.2) is 11.5 Å². The lowest BCUT2D eigenvalue weighted by molar-refractivity contribution is -0.132. The molecule has 1 saturated carbocycles. The van der Waals surface area contributed by atoms with Gasteiger partial charge in [0.1, 0.15) is 0 Å². The SMILES string of the molecule is COc1cc2c(cc1OC)[C@@]13CCN4CC5=CCO[C@H]6CC(=O)N2[C@@H]1[C@@H]6[C@H]5C[C@H]43. The molecule has 6 nitrogen and oxygen atoms in total. The molecule has 6 aliphatic rings. The van der Waals surface area contributed by atoms with Crippen molar-refractivity contribution in [1.82, 2.24) is 4.90 Å². The minimum Gasteiger partial charge on any atom is -0.493 e. The maximum atomic E-state index is 13.5. The third kappa shape index (κ3) is 1.76. The molecule has 1 aliphatic carbocycles. The lowest BCUT2D eigenvalue weighted by atomic mass is 9.53. The number of ether oxygens (including phenoxy) is 3. The van der Waals surface area contributed by atoms with Crippen LogP contribution >= 0.6 is 0 Å². The van der Waals surface area contributed by atoms with Crippen LogP contribution in [0.2, 0.25) is 0 Å². The van der Waals surface area contributed by atoms with Crippen molar-refractivity contribution in [2.24, 2.45) is 11.8 Å². The van der Waals surface area contributed by atoms with Gasteiger partial charge in [-0.3, -0.25) is 9.69 Å². The van der Waals surface area contributed by atoms with Gasteiger partial charge in [0.25, 0.3) is 0 Å². The molecule has 1 aromatic carbocycles. The van der Waals surface area contributed by atoms with Crippen LogP contribution in [0.4, 0.5) is 5.69 Å². The zero-order valence-corrected chi connectivity index (χ0v) is 16.9. The lowest BCUT2D eigenvalue weighted by Gasteiger charge is -2.58. The predicted molar refractivity (Wildman–Crippen MR) is 107 cm³/mol. The number of methoxy groups -OCH3 is 2. The molecular formula is C23H26N2O4. The highest BCUT2D eigenvalue weighted by atomic mass is 16.5. The molecule has 3 saturated heterocycles. The monoisotopic (exact) mass is 394 g/mol. The number of carbonyl (C=O) groups is 1. The van der Waals surface area contributed by atoms with Gasteiger partial charge in [-0.05, 0) is 36.9 Å². The van der Waals surface area contributed by atoms with Gasteiger partial charge < -0.3 is 19.1 Å². The van der Waals surface area contributed by atoms with Gasteiger partial charge in [0.2, 0.25) is 5.91 Å². The first-order valence-corrected chi connectivity index (χ1v) is 10.8. The van der Waals surface area contributed by atoms with Crippen molar-refractivity contribution in [3.63, 3.8) is 0 Å². The number of hydrogen-bond acceptors (Lipinski definition) is 5. The van der Waals surface area contributed by atoms with Crippen LogP contribution in [0, 0.1) is 11.8 Å². The fourth-order valence-electron chi connectivity index (χ4n) is 7.87. The molecule has 5 heterocycles. The van der Waals surface area contributed by atoms with Crippen molar-refractivity contribution in [1.29, 1.82) is 0 Å². The van der Waals surface area contributed by atoms with E-state index in [-0.39, 0.29) is 23.5 Å². The van der Waals surface area contributed by atoms with E-state index in [0.717, 1.165) is 30.9 Å². The summed E-state index contributed by atoms with van der Waals surface area (Å²) in [6.07, 6.45) is 5.11. The van der Waals surface area contributed by atoms with Crippen LogP contribution in [0.5, 0.6) is 11.5 Å². The topological polar surface area (TPSA) is 51.2 Å². The van der Waals surface area contributed by atoms with Crippen molar-refractivity contribution >= 4 is 11.6 Å². The first-order valence-electron chi connectivity index (χ1n) is 10.8. The molecule has 5 aliphatic heterocycles. The number of hydrogen-bond donors (Lipinski definition) is 0. The van der Waals surface area contributed by atoms with Gasteiger partial charge in [-0.15, -0.1) is 0 Å². The van der Waals surface area contributed by atoms with Gasteiger partial charge in [0.05, 0.1) is 45.1 Å². The number of carbonyl (C=O) groups excluding carboxylic acids is 1. The third-order valence-electron chi connectivity index (χ3n) is 8.81. The number of rotatable bonds is 2. The third-order valence-corrected chi connectivity index (χ3v) is 8.81. The van der Waals surface area contributed by atoms with Crippen LogP contribution in [0.15, 0.2) is 23.8 Å². The summed E-state index contributed by atoms with van der Waals surface area (Å²) in [4.78, 5) is 18.3. The smallest absolute Gasteiger partial charge is 0.229 e. The fraction of sp³-hybridized carbons (Fsp3) is 0.609. The van der Waals surface area contributed by atoms with E-state index in [2.05, 4.69) is 21.9 Å². The van der Waals surface area contributed by atoms with Crippen LogP contribution in [0.1, 0.15) is 24.8 Å². The van der Waals surface area contributed by atoms with Gasteiger partial charge in [-0.1, -0.05) is 11.6 Å². The Labute approximate surface area is 170 Å². The number of fused-ring (bicyclic) bond motifs is 2. The Morgan fingerprint density at radius 3 is 2.86 bits per heavy atom. The highest BCUT2D eigenvalue weighted by Crippen LogP contribution is 2.66. The summed E-state index contributed by atoms with van der Waals surface area (Å²) in [6.45, 7) is 2.80. The molecular weight excluding hydrogens is 368 g/mol. The summed E-state index contributed by atoms with van der Waals surface area (Å²) in [6, 6.07) is 4.87. The molecule has 6 heteroatoms. The molecule has 2 bridgehead atoms. The van der Waals surface area contributed by atoms with E-state index in [1.54, 1.807) is 19.8 Å². The summed E-state index contributed by atoms with van der Waals surface area (Å²) >= 11 is 0. The molecule has 0 radical (unpaired) electrons. The van der Waals surface area contributed by atoms with Crippen molar-refractivity contribution in [3.05, 3.63) is 29.3 Å². The standard InChI is InChI=1S/C23H26N2O4/c1-27-16-8-14-15(9-17(16)28-2)25-20(26)10-18-21-13-7-19-23(14,22(21)25)4-5-24(19)11-12(13)3-6-29-18/h3,8-9,13,18-19,21-22H,4-7,10-11H2,1-2H3/t13-,18-,19-,21+,22+,23+/m0/s1. The molecule has 7 rings (SSSR count). The van der Waals surface area contributed by atoms with Gasteiger partial charge in [-0.25, -0.2) is 0 Å². The van der Waals surface area contributed by atoms with Crippen molar-refractivity contribution in [2.75, 3.05) is 38.8 Å². The molecule has 0 unspecified atom stereocenters. The average molecular weight is 394 g/mol. The fourth-order valence-corrected chi connectivity index (χ4v) is 7.87. The summed E-state index contributed by atoms with van der Waals surface area (Å²) in [5.74, 6) is 2.57. The Hall–Kier alpha value is -2.05. The second-order valence-electron chi connectivity index (χ2n) is 9.48.